The van der Waals surface area contributed by atoms with Crippen molar-refractivity contribution in [3.63, 3.8) is 0 Å². The number of allylic oxidation sites excluding steroid dienone is 1. The number of nitrogens with zero attached hydrogens (tertiary/aromatic N) is 4. The smallest absolute Gasteiger partial charge is 0.0831 e. The van der Waals surface area contributed by atoms with E-state index in [2.05, 4.69) is 134 Å². The molecule has 1 unspecified atom stereocenters. The average Bonchev–Trinajstić information content (AvgIpc) is 3.35. The molecule has 0 saturated heterocycles. The van der Waals surface area contributed by atoms with Crippen LogP contribution in [0.5, 0.6) is 0 Å². The van der Waals surface area contributed by atoms with E-state index in [-0.39, 0.29) is 6.04 Å². The lowest BCUT2D eigenvalue weighted by Crippen LogP contribution is -2.22. The highest BCUT2D eigenvalue weighted by Gasteiger charge is 2.28. The summed E-state index contributed by atoms with van der Waals surface area (Å²) < 4.78 is 0. The van der Waals surface area contributed by atoms with Crippen molar-refractivity contribution in [3.8, 4) is 0 Å². The number of anilines is 3. The molecule has 4 nitrogen and oxygen atoms in total. The van der Waals surface area contributed by atoms with E-state index in [0.29, 0.717) is 0 Å². The zero-order chi connectivity index (χ0) is 24.6. The van der Waals surface area contributed by atoms with E-state index in [1.165, 1.54) is 22.5 Å². The van der Waals surface area contributed by atoms with E-state index >= 15 is 0 Å². The quantitative estimate of drug-likeness (QED) is 0.311. The highest BCUT2D eigenvalue weighted by molar-refractivity contribution is 6.01. The minimum Gasteiger partial charge on any atom is -0.372 e. The third kappa shape index (κ3) is 5.76. The normalized spacial score (nSPS) is 15.5. The second-order valence-electron chi connectivity index (χ2n) is 8.85. The van der Waals surface area contributed by atoms with Gasteiger partial charge in [0.2, 0.25) is 0 Å². The topological polar surface area (TPSA) is 22.1 Å². The fourth-order valence-electron chi connectivity index (χ4n) is 4.79. The third-order valence-corrected chi connectivity index (χ3v) is 6.85. The summed E-state index contributed by atoms with van der Waals surface area (Å²) in [7, 11) is 0. The molecular weight excluding hydrogens is 428 g/mol. The van der Waals surface area contributed by atoms with Gasteiger partial charge in [-0.25, -0.2) is 0 Å². The summed E-state index contributed by atoms with van der Waals surface area (Å²) in [5.41, 5.74) is 7.25. The van der Waals surface area contributed by atoms with Crippen LogP contribution in [0.4, 0.5) is 17.1 Å². The SMILES string of the molecule is CCN(CC)c1ccc(/C=C\C2=NN(c3ccccc3)C(c3ccc(N(CC)CC)cc3)C2)cc1. The van der Waals surface area contributed by atoms with Crippen LogP contribution in [0.25, 0.3) is 6.08 Å². The summed E-state index contributed by atoms with van der Waals surface area (Å²) in [4.78, 5) is 4.74. The van der Waals surface area contributed by atoms with Gasteiger partial charge in [0.1, 0.15) is 0 Å². The number of hydrogen-bond donors (Lipinski definition) is 0. The van der Waals surface area contributed by atoms with E-state index in [4.69, 9.17) is 5.10 Å². The van der Waals surface area contributed by atoms with Gasteiger partial charge in [-0.05, 0) is 81.3 Å². The Morgan fingerprint density at radius 3 is 1.80 bits per heavy atom. The minimum absolute atomic E-state index is 0.188. The molecule has 35 heavy (non-hydrogen) atoms. The first-order chi connectivity index (χ1) is 17.2. The first kappa shape index (κ1) is 24.6. The first-order valence-electron chi connectivity index (χ1n) is 13.0. The molecule has 182 valence electrons. The van der Waals surface area contributed by atoms with Crippen molar-refractivity contribution < 1.29 is 0 Å². The Bertz CT molecular complexity index is 1110. The zero-order valence-corrected chi connectivity index (χ0v) is 21.6. The van der Waals surface area contributed by atoms with Crippen molar-refractivity contribution in [2.45, 2.75) is 40.2 Å². The molecule has 0 aromatic heterocycles. The van der Waals surface area contributed by atoms with Gasteiger partial charge < -0.3 is 9.80 Å². The molecule has 0 aliphatic carbocycles. The summed E-state index contributed by atoms with van der Waals surface area (Å²) in [6.07, 6.45) is 5.24. The van der Waals surface area contributed by atoms with Gasteiger partial charge in [0.05, 0.1) is 17.4 Å². The van der Waals surface area contributed by atoms with Gasteiger partial charge in [-0.15, -0.1) is 0 Å². The lowest BCUT2D eigenvalue weighted by molar-refractivity contribution is 0.709. The van der Waals surface area contributed by atoms with E-state index in [1.54, 1.807) is 0 Å². The van der Waals surface area contributed by atoms with Gasteiger partial charge >= 0.3 is 0 Å². The van der Waals surface area contributed by atoms with Crippen molar-refractivity contribution in [1.29, 1.82) is 0 Å². The molecule has 0 bridgehead atoms. The molecule has 1 heterocycles. The molecule has 0 N–H and O–H groups in total. The van der Waals surface area contributed by atoms with Crippen LogP contribution in [0.1, 0.15) is 51.3 Å². The second-order valence-corrected chi connectivity index (χ2v) is 8.85. The lowest BCUT2D eigenvalue weighted by Gasteiger charge is -2.25. The molecule has 0 fully saturated rings. The number of rotatable bonds is 10. The molecule has 3 aromatic carbocycles. The summed E-state index contributed by atoms with van der Waals surface area (Å²) in [5.74, 6) is 0. The fourth-order valence-corrected chi connectivity index (χ4v) is 4.79. The van der Waals surface area contributed by atoms with Crippen LogP contribution in [0.15, 0.2) is 90.0 Å². The van der Waals surface area contributed by atoms with Crippen molar-refractivity contribution in [1.82, 2.24) is 0 Å². The highest BCUT2D eigenvalue weighted by atomic mass is 15.5. The van der Waals surface area contributed by atoms with Crippen LogP contribution in [0.2, 0.25) is 0 Å². The highest BCUT2D eigenvalue weighted by Crippen LogP contribution is 2.36. The largest absolute Gasteiger partial charge is 0.372 e. The number of para-hydroxylation sites is 1. The summed E-state index contributed by atoms with van der Waals surface area (Å²) in [6, 6.07) is 28.5. The van der Waals surface area contributed by atoms with E-state index in [0.717, 1.165) is 44.0 Å². The molecule has 1 aliphatic rings. The molecule has 4 heteroatoms. The molecule has 0 radical (unpaired) electrons. The maximum absolute atomic E-state index is 5.04. The van der Waals surface area contributed by atoms with Gasteiger partial charge in [-0.2, -0.15) is 5.10 Å². The maximum Gasteiger partial charge on any atom is 0.0831 e. The van der Waals surface area contributed by atoms with Crippen molar-refractivity contribution in [2.24, 2.45) is 5.10 Å². The van der Waals surface area contributed by atoms with Crippen LogP contribution in [-0.4, -0.2) is 31.9 Å². The van der Waals surface area contributed by atoms with Gasteiger partial charge in [-0.1, -0.05) is 48.5 Å². The van der Waals surface area contributed by atoms with Crippen LogP contribution in [-0.2, 0) is 0 Å². The standard InChI is InChI=1S/C31H38N4/c1-5-33(6-2)28-20-15-25(16-21-28)14-19-27-24-31(35(32-27)30-12-10-9-11-13-30)26-17-22-29(23-18-26)34(7-3)8-4/h9-23,31H,5-8,24H2,1-4H3/b19-14-. The van der Waals surface area contributed by atoms with Gasteiger partial charge in [-0.3, -0.25) is 5.01 Å². The molecular formula is C31H38N4. The van der Waals surface area contributed by atoms with Crippen molar-refractivity contribution in [2.75, 3.05) is 41.0 Å². The van der Waals surface area contributed by atoms with Crippen molar-refractivity contribution in [3.05, 3.63) is 96.1 Å². The Hall–Kier alpha value is -3.53. The molecule has 0 saturated carbocycles. The Morgan fingerprint density at radius 1 is 0.714 bits per heavy atom. The number of hydrogen-bond acceptors (Lipinski definition) is 4. The van der Waals surface area contributed by atoms with Crippen LogP contribution >= 0.6 is 0 Å². The Balaban J connectivity index is 1.55. The van der Waals surface area contributed by atoms with Gasteiger partial charge in [0.25, 0.3) is 0 Å². The van der Waals surface area contributed by atoms with Crippen molar-refractivity contribution >= 4 is 28.8 Å². The second kappa shape index (κ2) is 11.7. The Labute approximate surface area is 211 Å². The number of hydrazone groups is 1. The Kier molecular flexibility index (Phi) is 8.25. The summed E-state index contributed by atoms with van der Waals surface area (Å²) in [6.45, 7) is 12.9. The van der Waals surface area contributed by atoms with Gasteiger partial charge in [0, 0.05) is 44.0 Å². The first-order valence-corrected chi connectivity index (χ1v) is 13.0. The van der Waals surface area contributed by atoms with Gasteiger partial charge in [0.15, 0.2) is 0 Å². The van der Waals surface area contributed by atoms with Crippen LogP contribution in [0.3, 0.4) is 0 Å². The number of benzene rings is 3. The third-order valence-electron chi connectivity index (χ3n) is 6.85. The minimum atomic E-state index is 0.188. The molecule has 0 spiro atoms. The molecule has 0 amide bonds. The van der Waals surface area contributed by atoms with E-state index in [9.17, 15) is 0 Å². The molecule has 3 aromatic rings. The molecule has 1 aliphatic heterocycles. The van der Waals surface area contributed by atoms with Crippen LogP contribution < -0.4 is 14.8 Å². The predicted molar refractivity (Wildman–Crippen MR) is 153 cm³/mol. The fraction of sp³-hybridized carbons (Fsp3) is 0.323. The monoisotopic (exact) mass is 466 g/mol. The average molecular weight is 467 g/mol. The van der Waals surface area contributed by atoms with E-state index in [1.807, 2.05) is 0 Å². The molecule has 4 rings (SSSR count). The lowest BCUT2D eigenvalue weighted by atomic mass is 10.00. The Morgan fingerprint density at radius 2 is 1.26 bits per heavy atom. The maximum atomic E-state index is 5.04. The summed E-state index contributed by atoms with van der Waals surface area (Å²) in [5, 5.41) is 7.21. The summed E-state index contributed by atoms with van der Waals surface area (Å²) >= 11 is 0. The predicted octanol–water partition coefficient (Wildman–Crippen LogP) is 7.40. The zero-order valence-electron chi connectivity index (χ0n) is 21.6. The molecule has 1 atom stereocenters. The van der Waals surface area contributed by atoms with Crippen LogP contribution in [0, 0.1) is 0 Å². The van der Waals surface area contributed by atoms with E-state index < -0.39 is 0 Å².